The number of rotatable bonds is 4. The number of nitrogens with one attached hydrogen (secondary N) is 2. The van der Waals surface area contributed by atoms with Crippen molar-refractivity contribution in [3.63, 3.8) is 0 Å². The molecule has 0 aliphatic carbocycles. The van der Waals surface area contributed by atoms with Crippen molar-refractivity contribution in [2.45, 2.75) is 17.8 Å². The van der Waals surface area contributed by atoms with E-state index >= 15 is 0 Å². The highest BCUT2D eigenvalue weighted by Crippen LogP contribution is 2.27. The minimum atomic E-state index is -0.782. The lowest BCUT2D eigenvalue weighted by Gasteiger charge is -2.14. The van der Waals surface area contributed by atoms with Crippen molar-refractivity contribution in [2.24, 2.45) is 0 Å². The molecule has 0 unspecified atom stereocenters. The minimum absolute atomic E-state index is 0.100. The molecular formula is C18H13ClF2N6S. The molecule has 2 N–H and O–H groups in total. The Morgan fingerprint density at radius 1 is 1.21 bits per heavy atom. The van der Waals surface area contributed by atoms with E-state index in [1.54, 1.807) is 25.3 Å². The highest BCUT2D eigenvalue weighted by molar-refractivity contribution is 7.98. The summed E-state index contributed by atoms with van der Waals surface area (Å²) in [6.45, 7) is 1.73. The van der Waals surface area contributed by atoms with E-state index < -0.39 is 11.6 Å². The summed E-state index contributed by atoms with van der Waals surface area (Å²) < 4.78 is 30.2. The molecule has 10 heteroatoms. The van der Waals surface area contributed by atoms with Crippen LogP contribution in [0.5, 0.6) is 0 Å². The van der Waals surface area contributed by atoms with E-state index in [2.05, 4.69) is 20.2 Å². The van der Waals surface area contributed by atoms with Crippen LogP contribution in [0.3, 0.4) is 0 Å². The fourth-order valence-corrected chi connectivity index (χ4v) is 3.82. The summed E-state index contributed by atoms with van der Waals surface area (Å²) in [5.74, 6) is -1.15. The standard InChI is InChI=1S/C18H13ClF2N6S/c1-9-14-16(22)27(15-11(20)3-2-4-12(15)21)18(24-17(14)26-25-9)28-8-10-5-6-13(19)23-7-10/h2-7,22H,8H2,1H3,(H,25,26). The number of pyridine rings is 1. The predicted molar refractivity (Wildman–Crippen MR) is 103 cm³/mol. The summed E-state index contributed by atoms with van der Waals surface area (Å²) in [6.07, 6.45) is 1.61. The largest absolute Gasteiger partial charge is 0.283 e. The number of hydrogen-bond acceptors (Lipinski definition) is 5. The number of thioether (sulfide) groups is 1. The number of benzene rings is 1. The fraction of sp³-hybridized carbons (Fsp3) is 0.111. The van der Waals surface area contributed by atoms with Gasteiger partial charge in [-0.25, -0.2) is 18.7 Å². The highest BCUT2D eigenvalue weighted by atomic mass is 35.5. The van der Waals surface area contributed by atoms with Crippen LogP contribution in [0.15, 0.2) is 41.7 Å². The molecule has 0 saturated carbocycles. The number of aromatic amines is 1. The number of halogens is 3. The van der Waals surface area contributed by atoms with E-state index in [4.69, 9.17) is 17.0 Å². The molecule has 0 spiro atoms. The number of aryl methyl sites for hydroxylation is 1. The second kappa shape index (κ2) is 7.33. The first-order valence-electron chi connectivity index (χ1n) is 8.15. The van der Waals surface area contributed by atoms with Gasteiger partial charge in [-0.1, -0.05) is 35.5 Å². The number of nitrogens with zero attached hydrogens (tertiary/aromatic N) is 4. The van der Waals surface area contributed by atoms with Gasteiger partial charge in [-0.15, -0.1) is 0 Å². The van der Waals surface area contributed by atoms with Crippen molar-refractivity contribution >= 4 is 34.4 Å². The van der Waals surface area contributed by atoms with Crippen LogP contribution in [-0.4, -0.2) is 24.7 Å². The molecule has 3 heterocycles. The first kappa shape index (κ1) is 18.6. The van der Waals surface area contributed by atoms with Crippen molar-refractivity contribution in [1.82, 2.24) is 24.7 Å². The van der Waals surface area contributed by atoms with Gasteiger partial charge in [0.1, 0.15) is 28.0 Å². The number of hydrogen-bond donors (Lipinski definition) is 2. The van der Waals surface area contributed by atoms with Crippen LogP contribution in [0.2, 0.25) is 5.15 Å². The van der Waals surface area contributed by atoms with Crippen molar-refractivity contribution in [3.05, 3.63) is 70.1 Å². The van der Waals surface area contributed by atoms with Gasteiger partial charge in [0.25, 0.3) is 0 Å². The zero-order valence-corrected chi connectivity index (χ0v) is 16.1. The molecule has 0 radical (unpaired) electrons. The summed E-state index contributed by atoms with van der Waals surface area (Å²) in [7, 11) is 0. The summed E-state index contributed by atoms with van der Waals surface area (Å²) in [4.78, 5) is 8.45. The Hall–Kier alpha value is -2.78. The zero-order valence-electron chi connectivity index (χ0n) is 14.5. The van der Waals surface area contributed by atoms with E-state index in [0.29, 0.717) is 27.6 Å². The molecule has 6 nitrogen and oxygen atoms in total. The first-order valence-corrected chi connectivity index (χ1v) is 9.52. The quantitative estimate of drug-likeness (QED) is 0.296. The van der Waals surface area contributed by atoms with Crippen molar-refractivity contribution < 1.29 is 8.78 Å². The molecule has 0 fully saturated rings. The van der Waals surface area contributed by atoms with Gasteiger partial charge < -0.3 is 0 Å². The Balaban J connectivity index is 1.89. The molecule has 0 saturated heterocycles. The topological polar surface area (TPSA) is 83.2 Å². The van der Waals surface area contributed by atoms with Crippen LogP contribution in [0, 0.1) is 24.0 Å². The second-order valence-corrected chi connectivity index (χ2v) is 7.30. The second-order valence-electron chi connectivity index (χ2n) is 5.97. The molecule has 0 atom stereocenters. The van der Waals surface area contributed by atoms with Crippen LogP contribution in [-0.2, 0) is 5.75 Å². The molecule has 1 aromatic carbocycles. The monoisotopic (exact) mass is 418 g/mol. The van der Waals surface area contributed by atoms with Gasteiger partial charge in [0, 0.05) is 17.6 Å². The zero-order chi connectivity index (χ0) is 19.8. The smallest absolute Gasteiger partial charge is 0.187 e. The Morgan fingerprint density at radius 2 is 1.96 bits per heavy atom. The van der Waals surface area contributed by atoms with Crippen molar-refractivity contribution in [2.75, 3.05) is 0 Å². The first-order chi connectivity index (χ1) is 13.5. The third-order valence-electron chi connectivity index (χ3n) is 4.10. The van der Waals surface area contributed by atoms with Gasteiger partial charge in [0.15, 0.2) is 10.8 Å². The van der Waals surface area contributed by atoms with Gasteiger partial charge in [-0.05, 0) is 30.7 Å². The van der Waals surface area contributed by atoms with E-state index in [9.17, 15) is 8.78 Å². The Kier molecular flexibility index (Phi) is 4.86. The summed E-state index contributed by atoms with van der Waals surface area (Å²) >= 11 is 7.02. The SMILES string of the molecule is Cc1[nH]nc2nc(SCc3ccc(Cl)nc3)n(-c3c(F)cccc3F)c(=N)c12. The molecule has 3 aromatic heterocycles. The summed E-state index contributed by atoms with van der Waals surface area (Å²) in [6, 6.07) is 7.03. The predicted octanol–water partition coefficient (Wildman–Crippen LogP) is 4.16. The molecule has 142 valence electrons. The van der Waals surface area contributed by atoms with Gasteiger partial charge in [0.05, 0.1) is 5.39 Å². The molecule has 4 rings (SSSR count). The summed E-state index contributed by atoms with van der Waals surface area (Å²) in [5.41, 5.74) is 1.31. The lowest BCUT2D eigenvalue weighted by Crippen LogP contribution is -2.24. The van der Waals surface area contributed by atoms with Gasteiger partial charge in [-0.2, -0.15) is 5.10 Å². The van der Waals surface area contributed by atoms with E-state index in [1.807, 2.05) is 0 Å². The third-order valence-corrected chi connectivity index (χ3v) is 5.33. The Labute approximate surface area is 167 Å². The maximum Gasteiger partial charge on any atom is 0.187 e. The van der Waals surface area contributed by atoms with Crippen molar-refractivity contribution in [1.29, 1.82) is 5.41 Å². The Morgan fingerprint density at radius 3 is 2.64 bits per heavy atom. The van der Waals surface area contributed by atoms with Gasteiger partial charge in [-0.3, -0.25) is 15.1 Å². The van der Waals surface area contributed by atoms with Crippen LogP contribution in [0.25, 0.3) is 16.7 Å². The lowest BCUT2D eigenvalue weighted by atomic mass is 10.2. The number of aromatic nitrogens is 5. The van der Waals surface area contributed by atoms with Crippen LogP contribution in [0.4, 0.5) is 8.78 Å². The van der Waals surface area contributed by atoms with Gasteiger partial charge >= 0.3 is 0 Å². The summed E-state index contributed by atoms with van der Waals surface area (Å²) in [5, 5.41) is 16.4. The molecule has 4 aromatic rings. The average molecular weight is 419 g/mol. The molecule has 0 bridgehead atoms. The molecule has 0 aliphatic rings. The molecule has 0 amide bonds. The molecule has 28 heavy (non-hydrogen) atoms. The highest BCUT2D eigenvalue weighted by Gasteiger charge is 2.20. The molecular weight excluding hydrogens is 406 g/mol. The maximum absolute atomic E-state index is 14.5. The lowest BCUT2D eigenvalue weighted by molar-refractivity contribution is 0.554. The third kappa shape index (κ3) is 3.27. The maximum atomic E-state index is 14.5. The average Bonchev–Trinajstić information content (AvgIpc) is 3.04. The van der Waals surface area contributed by atoms with E-state index in [0.717, 1.165) is 17.7 Å². The minimum Gasteiger partial charge on any atom is -0.283 e. The van der Waals surface area contributed by atoms with Crippen LogP contribution in [0.1, 0.15) is 11.3 Å². The van der Waals surface area contributed by atoms with Gasteiger partial charge in [0.2, 0.25) is 0 Å². The fourth-order valence-electron chi connectivity index (χ4n) is 2.78. The molecule has 0 aliphatic heterocycles. The number of H-pyrrole nitrogens is 1. The van der Waals surface area contributed by atoms with Crippen LogP contribution >= 0.6 is 23.4 Å². The number of para-hydroxylation sites is 1. The normalized spacial score (nSPS) is 11.3. The van der Waals surface area contributed by atoms with E-state index in [-0.39, 0.29) is 16.3 Å². The Bertz CT molecular complexity index is 1220. The van der Waals surface area contributed by atoms with Crippen LogP contribution < -0.4 is 5.49 Å². The van der Waals surface area contributed by atoms with Crippen molar-refractivity contribution in [3.8, 4) is 5.69 Å². The van der Waals surface area contributed by atoms with E-state index in [1.165, 1.54) is 22.4 Å². The number of fused-ring (bicyclic) bond motifs is 1.